The highest BCUT2D eigenvalue weighted by Crippen LogP contribution is 2.42. The third-order valence-electron chi connectivity index (χ3n) is 6.47. The first-order chi connectivity index (χ1) is 13.7. The van der Waals surface area contributed by atoms with Gasteiger partial charge in [-0.05, 0) is 43.4 Å². The number of likely N-dealkylation sites (tertiary alicyclic amines) is 1. The van der Waals surface area contributed by atoms with Gasteiger partial charge in [-0.25, -0.2) is 0 Å². The van der Waals surface area contributed by atoms with Crippen LogP contribution in [0.25, 0.3) is 0 Å². The Bertz CT molecular complexity index is 785. The molecule has 1 aliphatic carbocycles. The summed E-state index contributed by atoms with van der Waals surface area (Å²) in [4.78, 5) is 24.7. The smallest absolute Gasteiger partial charge is 0.233 e. The Labute approximate surface area is 167 Å². The number of carbonyl (C=O) groups excluding carboxylic acids is 1. The number of hydrogen-bond acceptors (Lipinski definition) is 4. The predicted molar refractivity (Wildman–Crippen MR) is 108 cm³/mol. The highest BCUT2D eigenvalue weighted by atomic mass is 16.5. The summed E-state index contributed by atoms with van der Waals surface area (Å²) in [5, 5.41) is 0. The molecule has 1 unspecified atom stereocenters. The summed E-state index contributed by atoms with van der Waals surface area (Å²) in [5.74, 6) is 1.41. The van der Waals surface area contributed by atoms with Crippen LogP contribution in [0.4, 0.5) is 0 Å². The molecule has 148 valence electrons. The average Bonchev–Trinajstić information content (AvgIpc) is 2.80. The van der Waals surface area contributed by atoms with Crippen LogP contribution in [0.3, 0.4) is 0 Å². The Balaban J connectivity index is 1.60. The zero-order valence-corrected chi connectivity index (χ0v) is 16.6. The first-order valence-corrected chi connectivity index (χ1v) is 10.4. The van der Waals surface area contributed by atoms with E-state index in [-0.39, 0.29) is 5.92 Å². The van der Waals surface area contributed by atoms with Gasteiger partial charge >= 0.3 is 0 Å². The van der Waals surface area contributed by atoms with Crippen LogP contribution < -0.4 is 4.74 Å². The number of hydrogen-bond donors (Lipinski definition) is 0. The second-order valence-corrected chi connectivity index (χ2v) is 8.09. The summed E-state index contributed by atoms with van der Waals surface area (Å²) in [6, 6.07) is 8.15. The first kappa shape index (κ1) is 18.9. The van der Waals surface area contributed by atoms with Crippen molar-refractivity contribution in [2.24, 2.45) is 0 Å². The molecule has 28 heavy (non-hydrogen) atoms. The fraction of sp³-hybridized carbons (Fsp3) is 0.522. The molecule has 2 aliphatic rings. The van der Waals surface area contributed by atoms with E-state index in [1.165, 1.54) is 6.42 Å². The summed E-state index contributed by atoms with van der Waals surface area (Å²) in [7, 11) is 1.68. The highest BCUT2D eigenvalue weighted by molar-refractivity contribution is 5.88. The van der Waals surface area contributed by atoms with Crippen molar-refractivity contribution >= 4 is 5.91 Å². The zero-order chi connectivity index (χ0) is 19.4. The molecule has 0 N–H and O–H groups in total. The zero-order valence-electron chi connectivity index (χ0n) is 16.6. The maximum Gasteiger partial charge on any atom is 0.233 e. The van der Waals surface area contributed by atoms with Crippen LogP contribution in [-0.2, 0) is 10.2 Å². The monoisotopic (exact) mass is 379 g/mol. The lowest BCUT2D eigenvalue weighted by Crippen LogP contribution is -2.51. The molecule has 1 saturated heterocycles. The second kappa shape index (κ2) is 8.29. The maximum atomic E-state index is 13.9. The van der Waals surface area contributed by atoms with Crippen LogP contribution in [0.1, 0.15) is 62.1 Å². The number of nitrogens with zero attached hydrogens (tertiary/aromatic N) is 3. The lowest BCUT2D eigenvalue weighted by Gasteiger charge is -2.43. The summed E-state index contributed by atoms with van der Waals surface area (Å²) in [6.07, 6.45) is 12.7. The molecule has 0 spiro atoms. The maximum absolute atomic E-state index is 13.9. The Morgan fingerprint density at radius 3 is 2.57 bits per heavy atom. The molecule has 5 nitrogen and oxygen atoms in total. The van der Waals surface area contributed by atoms with Crippen LogP contribution in [0.5, 0.6) is 5.75 Å². The normalized spacial score (nSPS) is 21.9. The van der Waals surface area contributed by atoms with E-state index in [9.17, 15) is 4.79 Å². The van der Waals surface area contributed by atoms with E-state index < -0.39 is 5.41 Å². The number of methoxy groups -OCH3 is 1. The molecule has 1 aromatic heterocycles. The predicted octanol–water partition coefficient (Wildman–Crippen LogP) is 4.09. The minimum absolute atomic E-state index is 0.280. The molecule has 1 saturated carbocycles. The van der Waals surface area contributed by atoms with Crippen molar-refractivity contribution in [2.45, 2.75) is 56.3 Å². The number of piperidine rings is 1. The number of carbonyl (C=O) groups is 1. The van der Waals surface area contributed by atoms with Crippen molar-refractivity contribution in [3.8, 4) is 5.75 Å². The van der Waals surface area contributed by atoms with Crippen molar-refractivity contribution in [1.29, 1.82) is 0 Å². The van der Waals surface area contributed by atoms with Gasteiger partial charge in [-0.2, -0.15) is 0 Å². The third-order valence-corrected chi connectivity index (χ3v) is 6.47. The van der Waals surface area contributed by atoms with Gasteiger partial charge in [-0.3, -0.25) is 14.8 Å². The van der Waals surface area contributed by atoms with E-state index in [0.717, 1.165) is 68.6 Å². The quantitative estimate of drug-likeness (QED) is 0.803. The third kappa shape index (κ3) is 3.62. The molecular weight excluding hydrogens is 350 g/mol. The molecule has 0 bridgehead atoms. The van der Waals surface area contributed by atoms with E-state index in [2.05, 4.69) is 27.0 Å². The molecule has 1 aromatic carbocycles. The number of ether oxygens (including phenoxy) is 1. The van der Waals surface area contributed by atoms with Crippen molar-refractivity contribution in [3.63, 3.8) is 0 Å². The van der Waals surface area contributed by atoms with Gasteiger partial charge in [0.25, 0.3) is 0 Å². The van der Waals surface area contributed by atoms with Crippen LogP contribution in [0, 0.1) is 0 Å². The Kier molecular flexibility index (Phi) is 5.60. The highest BCUT2D eigenvalue weighted by Gasteiger charge is 2.44. The molecule has 1 aliphatic heterocycles. The van der Waals surface area contributed by atoms with E-state index in [4.69, 9.17) is 4.74 Å². The fourth-order valence-corrected chi connectivity index (χ4v) is 4.92. The largest absolute Gasteiger partial charge is 0.497 e. The number of aromatic nitrogens is 2. The molecule has 0 radical (unpaired) electrons. The van der Waals surface area contributed by atoms with E-state index in [1.807, 2.05) is 18.3 Å². The van der Waals surface area contributed by atoms with Gasteiger partial charge < -0.3 is 9.64 Å². The Hall–Kier alpha value is -2.43. The van der Waals surface area contributed by atoms with Crippen LogP contribution >= 0.6 is 0 Å². The van der Waals surface area contributed by atoms with Gasteiger partial charge in [0.1, 0.15) is 5.75 Å². The summed E-state index contributed by atoms with van der Waals surface area (Å²) in [5.41, 5.74) is 1.75. The topological polar surface area (TPSA) is 55.3 Å². The Morgan fingerprint density at radius 2 is 1.89 bits per heavy atom. The molecule has 4 rings (SSSR count). The van der Waals surface area contributed by atoms with Gasteiger partial charge in [-0.15, -0.1) is 0 Å². The lowest BCUT2D eigenvalue weighted by molar-refractivity contribution is -0.140. The van der Waals surface area contributed by atoms with Gasteiger partial charge in [0.15, 0.2) is 0 Å². The second-order valence-electron chi connectivity index (χ2n) is 8.09. The standard InChI is InChI=1S/C23H29N3O2/c1-28-20-9-7-19(8-10-20)23(11-3-2-4-12-23)22(27)26-15-5-6-18(17-26)21-16-24-13-14-25-21/h7-10,13-14,16,18H,2-6,11-12,15,17H2,1H3. The molecule has 2 fully saturated rings. The Morgan fingerprint density at radius 1 is 1.11 bits per heavy atom. The van der Waals surface area contributed by atoms with Crippen LogP contribution in [-0.4, -0.2) is 41.0 Å². The van der Waals surface area contributed by atoms with Gasteiger partial charge in [0, 0.05) is 37.6 Å². The fourth-order valence-electron chi connectivity index (χ4n) is 4.92. The van der Waals surface area contributed by atoms with Crippen molar-refractivity contribution in [3.05, 3.63) is 54.1 Å². The van der Waals surface area contributed by atoms with Crippen LogP contribution in [0.15, 0.2) is 42.9 Å². The molecule has 1 atom stereocenters. The van der Waals surface area contributed by atoms with Crippen LogP contribution in [0.2, 0.25) is 0 Å². The van der Waals surface area contributed by atoms with E-state index >= 15 is 0 Å². The minimum atomic E-state index is -0.394. The minimum Gasteiger partial charge on any atom is -0.497 e. The summed E-state index contributed by atoms with van der Waals surface area (Å²) in [6.45, 7) is 1.59. The summed E-state index contributed by atoms with van der Waals surface area (Å²) >= 11 is 0. The number of benzene rings is 1. The average molecular weight is 380 g/mol. The molecule has 5 heteroatoms. The lowest BCUT2D eigenvalue weighted by atomic mass is 9.68. The molecule has 1 amide bonds. The number of amides is 1. The van der Waals surface area contributed by atoms with Crippen molar-refractivity contribution in [2.75, 3.05) is 20.2 Å². The summed E-state index contributed by atoms with van der Waals surface area (Å²) < 4.78 is 5.32. The molecular formula is C23H29N3O2. The molecule has 2 heterocycles. The van der Waals surface area contributed by atoms with Gasteiger partial charge in [0.05, 0.1) is 18.2 Å². The first-order valence-electron chi connectivity index (χ1n) is 10.4. The van der Waals surface area contributed by atoms with Crippen molar-refractivity contribution in [1.82, 2.24) is 14.9 Å². The number of rotatable bonds is 4. The SMILES string of the molecule is COc1ccc(C2(C(=O)N3CCCC(c4cnccn4)C3)CCCCC2)cc1. The van der Waals surface area contributed by atoms with Gasteiger partial charge in [0.2, 0.25) is 5.91 Å². The van der Waals surface area contributed by atoms with E-state index in [0.29, 0.717) is 5.91 Å². The van der Waals surface area contributed by atoms with Crippen molar-refractivity contribution < 1.29 is 9.53 Å². The van der Waals surface area contributed by atoms with E-state index in [1.54, 1.807) is 19.5 Å². The molecule has 2 aromatic rings. The van der Waals surface area contributed by atoms with Gasteiger partial charge in [-0.1, -0.05) is 31.4 Å².